The third-order valence-corrected chi connectivity index (χ3v) is 3.71. The molecule has 5 heteroatoms. The fraction of sp³-hybridized carbons (Fsp3) is 0.533. The molecule has 0 bridgehead atoms. The molecule has 20 heavy (non-hydrogen) atoms. The molecule has 0 N–H and O–H groups in total. The number of benzene rings is 1. The minimum absolute atomic E-state index is 0.231. The molecule has 0 amide bonds. The molecule has 0 unspecified atom stereocenters. The van der Waals surface area contributed by atoms with E-state index in [1.54, 1.807) is 14.0 Å². The monoisotopic (exact) mass is 298 g/mol. The number of halogens is 2. The Morgan fingerprint density at radius 1 is 1.40 bits per heavy atom. The second-order valence-electron chi connectivity index (χ2n) is 5.61. The van der Waals surface area contributed by atoms with E-state index in [0.29, 0.717) is 29.9 Å². The maximum absolute atomic E-state index is 13.7. The van der Waals surface area contributed by atoms with Gasteiger partial charge in [-0.15, -0.1) is 11.6 Å². The summed E-state index contributed by atoms with van der Waals surface area (Å²) in [7, 11) is 1.69. The van der Waals surface area contributed by atoms with Crippen molar-refractivity contribution in [3.63, 3.8) is 0 Å². The highest BCUT2D eigenvalue weighted by Crippen LogP contribution is 2.24. The Bertz CT molecular complexity index is 622. The van der Waals surface area contributed by atoms with Gasteiger partial charge in [-0.3, -0.25) is 0 Å². The summed E-state index contributed by atoms with van der Waals surface area (Å²) in [5, 5.41) is 0. The zero-order valence-electron chi connectivity index (χ0n) is 12.3. The number of methoxy groups -OCH3 is 1. The molecule has 0 atom stereocenters. The number of aromatic nitrogens is 2. The summed E-state index contributed by atoms with van der Waals surface area (Å²) < 4.78 is 21.2. The molecule has 0 aliphatic heterocycles. The van der Waals surface area contributed by atoms with Crippen molar-refractivity contribution in [1.29, 1.82) is 0 Å². The zero-order chi connectivity index (χ0) is 14.9. The molecule has 0 saturated heterocycles. The zero-order valence-corrected chi connectivity index (χ0v) is 13.1. The van der Waals surface area contributed by atoms with Crippen LogP contribution in [0.1, 0.15) is 25.2 Å². The Labute approximate surface area is 123 Å². The highest BCUT2D eigenvalue weighted by molar-refractivity contribution is 6.17. The Hall–Kier alpha value is -1.13. The van der Waals surface area contributed by atoms with E-state index in [0.717, 1.165) is 11.3 Å². The predicted octanol–water partition coefficient (Wildman–Crippen LogP) is 3.69. The topological polar surface area (TPSA) is 27.1 Å². The quantitative estimate of drug-likeness (QED) is 0.787. The van der Waals surface area contributed by atoms with Gasteiger partial charge in [0.1, 0.15) is 11.6 Å². The third-order valence-electron chi connectivity index (χ3n) is 3.52. The van der Waals surface area contributed by atoms with E-state index in [4.69, 9.17) is 16.3 Å². The molecule has 3 nitrogen and oxygen atoms in total. The van der Waals surface area contributed by atoms with Gasteiger partial charge >= 0.3 is 0 Å². The van der Waals surface area contributed by atoms with Crippen molar-refractivity contribution in [3.05, 3.63) is 29.3 Å². The molecule has 1 aromatic heterocycles. The van der Waals surface area contributed by atoms with Crippen LogP contribution < -0.4 is 0 Å². The molecule has 0 aliphatic carbocycles. The molecule has 1 aromatic carbocycles. The molecule has 0 radical (unpaired) electrons. The second kappa shape index (κ2) is 5.70. The van der Waals surface area contributed by atoms with E-state index in [1.807, 2.05) is 19.9 Å². The molecule has 0 saturated carbocycles. The third kappa shape index (κ3) is 2.96. The van der Waals surface area contributed by atoms with Crippen molar-refractivity contribution in [3.8, 4) is 0 Å². The van der Waals surface area contributed by atoms with Gasteiger partial charge in [-0.1, -0.05) is 0 Å². The summed E-state index contributed by atoms with van der Waals surface area (Å²) in [4.78, 5) is 4.51. The van der Waals surface area contributed by atoms with Gasteiger partial charge in [-0.05, 0) is 32.4 Å². The summed E-state index contributed by atoms with van der Waals surface area (Å²) in [6.07, 6.45) is 0.650. The molecule has 110 valence electrons. The Balaban J connectivity index is 2.58. The van der Waals surface area contributed by atoms with Crippen LogP contribution in [0.4, 0.5) is 4.39 Å². The van der Waals surface area contributed by atoms with Gasteiger partial charge in [-0.25, -0.2) is 9.37 Å². The molecule has 1 heterocycles. The van der Waals surface area contributed by atoms with Crippen LogP contribution in [0.15, 0.2) is 12.1 Å². The number of imidazole rings is 1. The first-order chi connectivity index (χ1) is 9.38. The predicted molar refractivity (Wildman–Crippen MR) is 79.9 cm³/mol. The number of fused-ring (bicyclic) bond motifs is 1. The first kappa shape index (κ1) is 15.3. The lowest BCUT2D eigenvalue weighted by atomic mass is 10.1. The summed E-state index contributed by atoms with van der Waals surface area (Å²) in [5.74, 6) is 1.12. The Kier molecular flexibility index (Phi) is 4.35. The van der Waals surface area contributed by atoms with Gasteiger partial charge in [0.15, 0.2) is 0 Å². The van der Waals surface area contributed by atoms with Gasteiger partial charge < -0.3 is 9.30 Å². The summed E-state index contributed by atoms with van der Waals surface area (Å²) in [6.45, 7) is 6.44. The highest BCUT2D eigenvalue weighted by atomic mass is 35.5. The van der Waals surface area contributed by atoms with Crippen LogP contribution in [-0.2, 0) is 17.7 Å². The molecule has 0 fully saturated rings. The fourth-order valence-corrected chi connectivity index (χ4v) is 2.37. The van der Waals surface area contributed by atoms with Crippen molar-refractivity contribution >= 4 is 22.6 Å². The van der Waals surface area contributed by atoms with E-state index in [-0.39, 0.29) is 11.4 Å². The van der Waals surface area contributed by atoms with Gasteiger partial charge in [0.05, 0.1) is 23.2 Å². The maximum atomic E-state index is 13.7. The molecular formula is C15H20ClFN2O. The van der Waals surface area contributed by atoms with E-state index in [1.165, 1.54) is 6.07 Å². The highest BCUT2D eigenvalue weighted by Gasteiger charge is 2.21. The number of hydrogen-bond acceptors (Lipinski definition) is 2. The number of alkyl halides is 1. The van der Waals surface area contributed by atoms with Gasteiger partial charge in [-0.2, -0.15) is 0 Å². The van der Waals surface area contributed by atoms with Crippen LogP contribution in [0.25, 0.3) is 11.0 Å². The number of hydrogen-bond donors (Lipinski definition) is 0. The lowest BCUT2D eigenvalue weighted by Gasteiger charge is -2.25. The lowest BCUT2D eigenvalue weighted by Crippen LogP contribution is -2.30. The van der Waals surface area contributed by atoms with Crippen LogP contribution in [0.5, 0.6) is 0 Å². The Morgan fingerprint density at radius 3 is 2.70 bits per heavy atom. The minimum atomic E-state index is -0.322. The largest absolute Gasteiger partial charge is 0.377 e. The standard InChI is InChI=1S/C15H20ClFN2O/c1-10-7-13-12(8-11(10)17)18-14(5-6-16)19(13)9-15(2,3)20-4/h7-8H,5-6,9H2,1-4H3. The second-order valence-corrected chi connectivity index (χ2v) is 5.99. The molecule has 2 aromatic rings. The van der Waals surface area contributed by atoms with Crippen LogP contribution in [-0.4, -0.2) is 28.1 Å². The number of ether oxygens (including phenoxy) is 1. The van der Waals surface area contributed by atoms with Crippen molar-refractivity contribution in [2.75, 3.05) is 13.0 Å². The van der Waals surface area contributed by atoms with E-state index >= 15 is 0 Å². The van der Waals surface area contributed by atoms with E-state index in [2.05, 4.69) is 9.55 Å². The van der Waals surface area contributed by atoms with Crippen molar-refractivity contribution < 1.29 is 9.13 Å². The van der Waals surface area contributed by atoms with Gasteiger partial charge in [0.25, 0.3) is 0 Å². The average Bonchev–Trinajstić information content (AvgIpc) is 2.68. The van der Waals surface area contributed by atoms with Crippen LogP contribution in [0.3, 0.4) is 0 Å². The van der Waals surface area contributed by atoms with Crippen molar-refractivity contribution in [2.45, 2.75) is 39.3 Å². The van der Waals surface area contributed by atoms with E-state index in [9.17, 15) is 4.39 Å². The normalized spacial score (nSPS) is 12.3. The first-order valence-corrected chi connectivity index (χ1v) is 7.18. The summed E-state index contributed by atoms with van der Waals surface area (Å²) in [6, 6.07) is 3.32. The smallest absolute Gasteiger partial charge is 0.128 e. The number of aryl methyl sites for hydroxylation is 2. The molecule has 2 rings (SSSR count). The molecule has 0 spiro atoms. The number of nitrogens with zero attached hydrogens (tertiary/aromatic N) is 2. The van der Waals surface area contributed by atoms with Crippen molar-refractivity contribution in [1.82, 2.24) is 9.55 Å². The lowest BCUT2D eigenvalue weighted by molar-refractivity contribution is 0.00846. The fourth-order valence-electron chi connectivity index (χ4n) is 2.20. The summed E-state index contributed by atoms with van der Waals surface area (Å²) in [5.41, 5.74) is 1.89. The summed E-state index contributed by atoms with van der Waals surface area (Å²) >= 11 is 5.84. The van der Waals surface area contributed by atoms with Crippen molar-refractivity contribution in [2.24, 2.45) is 0 Å². The minimum Gasteiger partial charge on any atom is -0.377 e. The van der Waals surface area contributed by atoms with Crippen LogP contribution >= 0.6 is 11.6 Å². The Morgan fingerprint density at radius 2 is 2.10 bits per heavy atom. The van der Waals surface area contributed by atoms with Crippen LogP contribution in [0, 0.1) is 12.7 Å². The first-order valence-electron chi connectivity index (χ1n) is 6.64. The molecular weight excluding hydrogens is 279 g/mol. The maximum Gasteiger partial charge on any atom is 0.128 e. The van der Waals surface area contributed by atoms with E-state index < -0.39 is 0 Å². The molecule has 0 aliphatic rings. The average molecular weight is 299 g/mol. The van der Waals surface area contributed by atoms with Gasteiger partial charge in [0, 0.05) is 25.5 Å². The van der Waals surface area contributed by atoms with Crippen LogP contribution in [0.2, 0.25) is 0 Å². The number of rotatable bonds is 5. The van der Waals surface area contributed by atoms with Gasteiger partial charge in [0.2, 0.25) is 0 Å². The SMILES string of the molecule is COC(C)(C)Cn1c(CCCl)nc2cc(F)c(C)cc21.